The molecule has 10 heavy (non-hydrogen) atoms. The smallest absolute Gasteiger partial charge is 0.170 e. The first-order valence-corrected chi connectivity index (χ1v) is 4.07. The molecule has 0 spiro atoms. The number of hydrogen-bond donors (Lipinski definition) is 0. The van der Waals surface area contributed by atoms with Crippen LogP contribution in [0.2, 0.25) is 0 Å². The Labute approximate surface area is 61.8 Å². The third-order valence-electron chi connectivity index (χ3n) is 1.09. The van der Waals surface area contributed by atoms with E-state index in [1.807, 2.05) is 0 Å². The Balaban J connectivity index is 2.66. The van der Waals surface area contributed by atoms with Crippen molar-refractivity contribution in [3.8, 4) is 0 Å². The molecule has 56 valence electrons. The summed E-state index contributed by atoms with van der Waals surface area (Å²) in [6, 6.07) is 0. The van der Waals surface area contributed by atoms with Crippen LogP contribution in [0.25, 0.3) is 0 Å². The number of ether oxygens (including phenoxy) is 2. The second-order valence-electron chi connectivity index (χ2n) is 1.75. The second-order valence-corrected chi connectivity index (χ2v) is 2.99. The average molecular weight is 160 g/mol. The van der Waals surface area contributed by atoms with Gasteiger partial charge in [0.05, 0.1) is 23.3 Å². The highest BCUT2D eigenvalue weighted by molar-refractivity contribution is 7.88. The van der Waals surface area contributed by atoms with Crippen molar-refractivity contribution in [2.75, 3.05) is 13.0 Å². The second kappa shape index (κ2) is 2.88. The lowest BCUT2D eigenvalue weighted by molar-refractivity contribution is 0.217. The predicted molar refractivity (Wildman–Crippen MR) is 38.3 cm³/mol. The highest BCUT2D eigenvalue weighted by Crippen LogP contribution is 2.16. The Morgan fingerprint density at radius 2 is 2.70 bits per heavy atom. The fourth-order valence-electron chi connectivity index (χ4n) is 0.556. The Hall–Kier alpha value is -0.770. The van der Waals surface area contributed by atoms with Gasteiger partial charge in [-0.1, -0.05) is 6.58 Å². The lowest BCUT2D eigenvalue weighted by Crippen LogP contribution is -1.91. The van der Waals surface area contributed by atoms with Gasteiger partial charge in [-0.3, -0.25) is 4.21 Å². The third kappa shape index (κ3) is 1.39. The van der Waals surface area contributed by atoms with Gasteiger partial charge in [0.1, 0.15) is 0 Å². The first-order chi connectivity index (χ1) is 4.74. The molecule has 1 heterocycles. The summed E-state index contributed by atoms with van der Waals surface area (Å²) in [5, 5.41) is 1.49. The van der Waals surface area contributed by atoms with Gasteiger partial charge in [-0.25, -0.2) is 0 Å². The molecule has 4 heteroatoms. The Morgan fingerprint density at radius 3 is 3.10 bits per heavy atom. The fraction of sp³-hybridized carbons (Fsp3) is 0.333. The molecule has 1 unspecified atom stereocenters. The van der Waals surface area contributed by atoms with Gasteiger partial charge in [0.15, 0.2) is 17.5 Å². The monoisotopic (exact) mass is 160 g/mol. The molecule has 0 N–H and O–H groups in total. The van der Waals surface area contributed by atoms with Gasteiger partial charge in [-0.15, -0.1) is 0 Å². The minimum Gasteiger partial charge on any atom is -0.493 e. The highest BCUT2D eigenvalue weighted by Gasteiger charge is 2.14. The molecule has 0 bridgehead atoms. The summed E-state index contributed by atoms with van der Waals surface area (Å²) in [7, 11) is 0.494. The third-order valence-corrected chi connectivity index (χ3v) is 1.92. The lowest BCUT2D eigenvalue weighted by atomic mass is 10.5. The summed E-state index contributed by atoms with van der Waals surface area (Å²) in [4.78, 5) is 0. The minimum atomic E-state index is -1.00. The molecule has 0 aliphatic carbocycles. The van der Waals surface area contributed by atoms with E-state index >= 15 is 0 Å². The van der Waals surface area contributed by atoms with E-state index in [0.717, 1.165) is 0 Å². The molecule has 1 aliphatic heterocycles. The van der Waals surface area contributed by atoms with E-state index in [-0.39, 0.29) is 5.94 Å². The van der Waals surface area contributed by atoms with E-state index in [0.29, 0.717) is 11.5 Å². The van der Waals surface area contributed by atoms with Crippen molar-refractivity contribution >= 4 is 10.8 Å². The maximum atomic E-state index is 10.7. The highest BCUT2D eigenvalue weighted by atomic mass is 32.2. The quantitative estimate of drug-likeness (QED) is 0.558. The van der Waals surface area contributed by atoms with E-state index in [4.69, 9.17) is 9.47 Å². The molecule has 0 saturated carbocycles. The van der Waals surface area contributed by atoms with E-state index in [1.165, 1.54) is 12.5 Å². The van der Waals surface area contributed by atoms with E-state index in [9.17, 15) is 4.21 Å². The van der Waals surface area contributed by atoms with Crippen LogP contribution in [0.5, 0.6) is 0 Å². The minimum absolute atomic E-state index is 0.220. The van der Waals surface area contributed by atoms with Crippen LogP contribution in [0.3, 0.4) is 0 Å². The van der Waals surface area contributed by atoms with Crippen molar-refractivity contribution in [2.24, 2.45) is 0 Å². The molecule has 0 fully saturated rings. The molecule has 1 rings (SSSR count). The zero-order chi connectivity index (χ0) is 7.56. The van der Waals surface area contributed by atoms with Gasteiger partial charge in [0, 0.05) is 0 Å². The molecular formula is C6H8O3S. The number of methoxy groups -OCH3 is 1. The summed E-state index contributed by atoms with van der Waals surface area (Å²) in [5.74, 6) is 1.13. The SMILES string of the molecule is C=C(OC)C1=CS(=O)CO1. The predicted octanol–water partition coefficient (Wildman–Crippen LogP) is 0.724. The van der Waals surface area contributed by atoms with Gasteiger partial charge in [0.25, 0.3) is 0 Å². The van der Waals surface area contributed by atoms with Crippen molar-refractivity contribution in [3.05, 3.63) is 23.5 Å². The zero-order valence-corrected chi connectivity index (χ0v) is 6.44. The molecule has 0 radical (unpaired) electrons. The van der Waals surface area contributed by atoms with Crippen molar-refractivity contribution in [1.29, 1.82) is 0 Å². The standard InChI is InChI=1S/C6H8O3S/c1-5(8-2)6-3-10(7)4-9-6/h3H,1,4H2,2H3. The molecule has 1 atom stereocenters. The molecular weight excluding hydrogens is 152 g/mol. The summed E-state index contributed by atoms with van der Waals surface area (Å²) in [6.07, 6.45) is 0. The van der Waals surface area contributed by atoms with Crippen LogP contribution in [0.15, 0.2) is 23.5 Å². The first kappa shape index (κ1) is 7.34. The summed E-state index contributed by atoms with van der Waals surface area (Å²) < 4.78 is 20.4. The van der Waals surface area contributed by atoms with Crippen molar-refractivity contribution in [3.63, 3.8) is 0 Å². The molecule has 0 aromatic rings. The van der Waals surface area contributed by atoms with Crippen LogP contribution in [0, 0.1) is 0 Å². The van der Waals surface area contributed by atoms with Crippen molar-refractivity contribution in [2.45, 2.75) is 0 Å². The first-order valence-electron chi connectivity index (χ1n) is 2.69. The van der Waals surface area contributed by atoms with Crippen LogP contribution in [0.4, 0.5) is 0 Å². The van der Waals surface area contributed by atoms with Gasteiger partial charge < -0.3 is 9.47 Å². The van der Waals surface area contributed by atoms with Crippen molar-refractivity contribution in [1.82, 2.24) is 0 Å². The van der Waals surface area contributed by atoms with Crippen LogP contribution >= 0.6 is 0 Å². The summed E-state index contributed by atoms with van der Waals surface area (Å²) >= 11 is 0. The van der Waals surface area contributed by atoms with Gasteiger partial charge in [0.2, 0.25) is 0 Å². The Kier molecular flexibility index (Phi) is 2.11. The van der Waals surface area contributed by atoms with Gasteiger partial charge in [-0.2, -0.15) is 0 Å². The molecule has 0 saturated heterocycles. The molecule has 3 nitrogen and oxygen atoms in total. The number of rotatable bonds is 2. The summed E-state index contributed by atoms with van der Waals surface area (Å²) in [5.41, 5.74) is 0. The Morgan fingerprint density at radius 1 is 2.00 bits per heavy atom. The maximum absolute atomic E-state index is 10.7. The lowest BCUT2D eigenvalue weighted by Gasteiger charge is -2.02. The molecule has 0 aromatic carbocycles. The molecule has 1 aliphatic rings. The van der Waals surface area contributed by atoms with E-state index < -0.39 is 10.8 Å². The zero-order valence-electron chi connectivity index (χ0n) is 5.62. The largest absolute Gasteiger partial charge is 0.493 e. The van der Waals surface area contributed by atoms with E-state index in [1.54, 1.807) is 0 Å². The summed E-state index contributed by atoms with van der Waals surface area (Å²) in [6.45, 7) is 3.54. The molecule has 0 aromatic heterocycles. The maximum Gasteiger partial charge on any atom is 0.170 e. The molecule has 0 amide bonds. The normalized spacial score (nSPS) is 23.3. The van der Waals surface area contributed by atoms with Crippen LogP contribution in [0.1, 0.15) is 0 Å². The van der Waals surface area contributed by atoms with Crippen LogP contribution in [-0.4, -0.2) is 17.3 Å². The van der Waals surface area contributed by atoms with E-state index in [2.05, 4.69) is 6.58 Å². The van der Waals surface area contributed by atoms with Gasteiger partial charge >= 0.3 is 0 Å². The topological polar surface area (TPSA) is 35.5 Å². The number of hydrogen-bond acceptors (Lipinski definition) is 3. The Bertz CT molecular complexity index is 207. The fourth-order valence-corrected chi connectivity index (χ4v) is 1.31. The van der Waals surface area contributed by atoms with Crippen molar-refractivity contribution < 1.29 is 13.7 Å². The van der Waals surface area contributed by atoms with Gasteiger partial charge in [-0.05, 0) is 0 Å². The van der Waals surface area contributed by atoms with Crippen LogP contribution in [-0.2, 0) is 20.3 Å². The average Bonchev–Trinajstić information content (AvgIpc) is 2.34. The van der Waals surface area contributed by atoms with Crippen LogP contribution < -0.4 is 0 Å².